The molecule has 1 aliphatic heterocycles. The van der Waals surface area contributed by atoms with Crippen molar-refractivity contribution in [2.75, 3.05) is 26.2 Å². The molecule has 0 unspecified atom stereocenters. The fraction of sp³-hybridized carbons (Fsp3) is 0.929. The highest BCUT2D eigenvalue weighted by atomic mass is 15.2. The van der Waals surface area contributed by atoms with Crippen LogP contribution in [0.25, 0.3) is 0 Å². The molecule has 0 aliphatic carbocycles. The van der Waals surface area contributed by atoms with Crippen molar-refractivity contribution in [3.05, 3.63) is 0 Å². The molecule has 0 saturated heterocycles. The summed E-state index contributed by atoms with van der Waals surface area (Å²) in [5.74, 6) is 1.29. The molecule has 1 heterocycles. The minimum absolute atomic E-state index is 0.222. The van der Waals surface area contributed by atoms with Gasteiger partial charge in [0.1, 0.15) is 5.84 Å². The van der Waals surface area contributed by atoms with Crippen LogP contribution >= 0.6 is 0 Å². The van der Waals surface area contributed by atoms with Gasteiger partial charge in [-0.3, -0.25) is 4.99 Å². The van der Waals surface area contributed by atoms with Gasteiger partial charge in [-0.25, -0.2) is 0 Å². The lowest BCUT2D eigenvalue weighted by molar-refractivity contribution is 0.367. The summed E-state index contributed by atoms with van der Waals surface area (Å²) in [7, 11) is 0. The Morgan fingerprint density at radius 1 is 1.29 bits per heavy atom. The lowest BCUT2D eigenvalue weighted by Gasteiger charge is -2.32. The van der Waals surface area contributed by atoms with Gasteiger partial charge in [0.15, 0.2) is 0 Å². The van der Waals surface area contributed by atoms with Gasteiger partial charge in [-0.1, -0.05) is 46.5 Å². The smallest absolute Gasteiger partial charge is 0.105 e. The first-order valence-corrected chi connectivity index (χ1v) is 7.11. The highest BCUT2D eigenvalue weighted by Gasteiger charge is 2.31. The third-order valence-electron chi connectivity index (χ3n) is 3.59. The topological polar surface area (TPSA) is 41.6 Å². The monoisotopic (exact) mass is 239 g/mol. The highest BCUT2D eigenvalue weighted by molar-refractivity contribution is 5.88. The molecule has 0 amide bonds. The van der Waals surface area contributed by atoms with Crippen molar-refractivity contribution in [3.8, 4) is 0 Å². The Hall–Kier alpha value is -0.570. The molecule has 100 valence electrons. The van der Waals surface area contributed by atoms with E-state index >= 15 is 0 Å². The minimum atomic E-state index is 0.222. The molecule has 3 heteroatoms. The van der Waals surface area contributed by atoms with E-state index in [-0.39, 0.29) is 5.41 Å². The van der Waals surface area contributed by atoms with Crippen LogP contribution in [-0.4, -0.2) is 36.9 Å². The molecular weight excluding hydrogens is 210 g/mol. The van der Waals surface area contributed by atoms with Crippen LogP contribution < -0.4 is 5.73 Å². The standard InChI is InChI=1S/C14H29N3/c1-4-5-6-7-8-14(2,3)13-16-10-12-17(13)11-9-15/h4-12,15H2,1-3H3. The van der Waals surface area contributed by atoms with Crippen LogP contribution in [0.4, 0.5) is 0 Å². The van der Waals surface area contributed by atoms with Crippen molar-refractivity contribution >= 4 is 5.84 Å². The fourth-order valence-corrected chi connectivity index (χ4v) is 2.60. The van der Waals surface area contributed by atoms with Crippen LogP contribution in [0.1, 0.15) is 52.9 Å². The second-order valence-corrected chi connectivity index (χ2v) is 5.68. The zero-order valence-electron chi connectivity index (χ0n) is 11.8. The number of nitrogens with zero attached hydrogens (tertiary/aromatic N) is 2. The quantitative estimate of drug-likeness (QED) is 0.662. The molecule has 0 saturated carbocycles. The normalized spacial score (nSPS) is 16.5. The SMILES string of the molecule is CCCCCCC(C)(C)C1=NCCN1CCN. The third kappa shape index (κ3) is 4.30. The second kappa shape index (κ2) is 7.00. The van der Waals surface area contributed by atoms with E-state index in [1.54, 1.807) is 0 Å². The maximum Gasteiger partial charge on any atom is 0.105 e. The molecular formula is C14H29N3. The van der Waals surface area contributed by atoms with Gasteiger partial charge in [0, 0.05) is 25.0 Å². The van der Waals surface area contributed by atoms with Gasteiger partial charge in [-0.15, -0.1) is 0 Å². The third-order valence-corrected chi connectivity index (χ3v) is 3.59. The first-order chi connectivity index (χ1) is 8.11. The molecule has 0 atom stereocenters. The molecule has 0 aromatic rings. The predicted molar refractivity (Wildman–Crippen MR) is 75.5 cm³/mol. The summed E-state index contributed by atoms with van der Waals surface area (Å²) in [5, 5.41) is 0. The Morgan fingerprint density at radius 2 is 2.06 bits per heavy atom. The van der Waals surface area contributed by atoms with E-state index in [2.05, 4.69) is 25.7 Å². The first kappa shape index (κ1) is 14.5. The summed E-state index contributed by atoms with van der Waals surface area (Å²) in [5.41, 5.74) is 5.88. The molecule has 3 nitrogen and oxygen atoms in total. The van der Waals surface area contributed by atoms with E-state index in [1.165, 1.54) is 37.9 Å². The predicted octanol–water partition coefficient (Wildman–Crippen LogP) is 2.66. The lowest BCUT2D eigenvalue weighted by atomic mass is 9.85. The summed E-state index contributed by atoms with van der Waals surface area (Å²) in [4.78, 5) is 7.07. The Balaban J connectivity index is 2.44. The van der Waals surface area contributed by atoms with Crippen molar-refractivity contribution in [2.45, 2.75) is 52.9 Å². The number of hydrogen-bond acceptors (Lipinski definition) is 3. The van der Waals surface area contributed by atoms with Crippen molar-refractivity contribution in [2.24, 2.45) is 16.1 Å². The molecule has 0 aromatic heterocycles. The van der Waals surface area contributed by atoms with E-state index in [0.29, 0.717) is 0 Å². The molecule has 1 rings (SSSR count). The van der Waals surface area contributed by atoms with Crippen LogP contribution in [0.2, 0.25) is 0 Å². The maximum absolute atomic E-state index is 5.66. The summed E-state index contributed by atoms with van der Waals surface area (Å²) in [6, 6.07) is 0. The maximum atomic E-state index is 5.66. The van der Waals surface area contributed by atoms with E-state index in [0.717, 1.165) is 26.2 Å². The van der Waals surface area contributed by atoms with Crippen molar-refractivity contribution in [3.63, 3.8) is 0 Å². The number of aliphatic imine (C=N–C) groups is 1. The molecule has 0 spiro atoms. The largest absolute Gasteiger partial charge is 0.357 e. The van der Waals surface area contributed by atoms with Gasteiger partial charge in [0.05, 0.1) is 6.54 Å². The van der Waals surface area contributed by atoms with Crippen molar-refractivity contribution in [1.82, 2.24) is 4.90 Å². The van der Waals surface area contributed by atoms with E-state index in [4.69, 9.17) is 10.7 Å². The molecule has 2 N–H and O–H groups in total. The van der Waals surface area contributed by atoms with Gasteiger partial charge < -0.3 is 10.6 Å². The van der Waals surface area contributed by atoms with E-state index < -0.39 is 0 Å². The number of amidine groups is 1. The van der Waals surface area contributed by atoms with Crippen LogP contribution in [0.3, 0.4) is 0 Å². The molecule has 0 aromatic carbocycles. The molecule has 1 aliphatic rings. The molecule has 0 radical (unpaired) electrons. The average Bonchev–Trinajstić information content (AvgIpc) is 2.74. The zero-order chi connectivity index (χ0) is 12.7. The van der Waals surface area contributed by atoms with Crippen molar-refractivity contribution < 1.29 is 0 Å². The van der Waals surface area contributed by atoms with Gasteiger partial charge in [-0.05, 0) is 6.42 Å². The number of nitrogens with two attached hydrogens (primary N) is 1. The average molecular weight is 239 g/mol. The summed E-state index contributed by atoms with van der Waals surface area (Å²) >= 11 is 0. The minimum Gasteiger partial charge on any atom is -0.357 e. The van der Waals surface area contributed by atoms with Crippen LogP contribution in [0, 0.1) is 5.41 Å². The van der Waals surface area contributed by atoms with Crippen LogP contribution in [-0.2, 0) is 0 Å². The van der Waals surface area contributed by atoms with Gasteiger partial charge in [-0.2, -0.15) is 0 Å². The number of rotatable bonds is 8. The van der Waals surface area contributed by atoms with Gasteiger partial charge in [0.2, 0.25) is 0 Å². The second-order valence-electron chi connectivity index (χ2n) is 5.68. The number of unbranched alkanes of at least 4 members (excludes halogenated alkanes) is 3. The summed E-state index contributed by atoms with van der Waals surface area (Å²) in [6.45, 7) is 10.6. The Kier molecular flexibility index (Phi) is 5.96. The van der Waals surface area contributed by atoms with Gasteiger partial charge in [0.25, 0.3) is 0 Å². The van der Waals surface area contributed by atoms with E-state index in [9.17, 15) is 0 Å². The summed E-state index contributed by atoms with van der Waals surface area (Å²) in [6.07, 6.45) is 6.57. The fourth-order valence-electron chi connectivity index (χ4n) is 2.60. The van der Waals surface area contributed by atoms with Crippen LogP contribution in [0.5, 0.6) is 0 Å². The first-order valence-electron chi connectivity index (χ1n) is 7.11. The molecule has 0 bridgehead atoms. The van der Waals surface area contributed by atoms with Crippen molar-refractivity contribution in [1.29, 1.82) is 0 Å². The van der Waals surface area contributed by atoms with Crippen LogP contribution in [0.15, 0.2) is 4.99 Å². The summed E-state index contributed by atoms with van der Waals surface area (Å²) < 4.78 is 0. The van der Waals surface area contributed by atoms with E-state index in [1.807, 2.05) is 0 Å². The lowest BCUT2D eigenvalue weighted by Crippen LogP contribution is -2.40. The Labute approximate surface area is 106 Å². The number of hydrogen-bond donors (Lipinski definition) is 1. The molecule has 17 heavy (non-hydrogen) atoms. The highest BCUT2D eigenvalue weighted by Crippen LogP contribution is 2.29. The Bertz CT molecular complexity index is 246. The zero-order valence-corrected chi connectivity index (χ0v) is 11.8. The van der Waals surface area contributed by atoms with Gasteiger partial charge >= 0.3 is 0 Å². The molecule has 0 fully saturated rings. The Morgan fingerprint density at radius 3 is 2.71 bits per heavy atom.